The summed E-state index contributed by atoms with van der Waals surface area (Å²) in [4.78, 5) is 48.9. The summed E-state index contributed by atoms with van der Waals surface area (Å²) in [6.45, 7) is 2.69. The minimum absolute atomic E-state index is 0.00536. The van der Waals surface area contributed by atoms with Crippen molar-refractivity contribution < 1.29 is 23.9 Å². The first-order valence-corrected chi connectivity index (χ1v) is 15.9. The maximum atomic E-state index is 14.2. The number of ether oxygens (including phenoxy) is 2. The Morgan fingerprint density at radius 3 is 2.13 bits per heavy atom. The molecule has 9 nitrogen and oxygen atoms in total. The Kier molecular flexibility index (Phi) is 8.96. The van der Waals surface area contributed by atoms with Gasteiger partial charge in [0.05, 0.1) is 26.5 Å². The number of methoxy groups -OCH3 is 2. The zero-order valence-electron chi connectivity index (χ0n) is 26.2. The standard InChI is InChI=1S/C36H42N4O5/c1-44-30-13-14-31(32(24-30)45-2)34(42)38-21-17-36(18-22-38)35(43)39(26-40(36)29-11-7-4-8-12-29)25-33(41)37-19-15-28(16-20-37)23-27-9-5-3-6-10-27/h3-14,24,28H,15-23,25-26H2,1-2H3. The van der Waals surface area contributed by atoms with Crippen LogP contribution >= 0.6 is 0 Å². The Bertz CT molecular complexity index is 1500. The normalized spacial score (nSPS) is 18.4. The molecule has 236 valence electrons. The van der Waals surface area contributed by atoms with Gasteiger partial charge in [-0.1, -0.05) is 48.5 Å². The van der Waals surface area contributed by atoms with E-state index in [9.17, 15) is 14.4 Å². The van der Waals surface area contributed by atoms with Crippen molar-refractivity contribution >= 4 is 23.4 Å². The van der Waals surface area contributed by atoms with Crippen LogP contribution in [0.2, 0.25) is 0 Å². The van der Waals surface area contributed by atoms with Crippen molar-refractivity contribution in [3.63, 3.8) is 0 Å². The lowest BCUT2D eigenvalue weighted by atomic mass is 9.85. The molecule has 3 heterocycles. The molecule has 45 heavy (non-hydrogen) atoms. The molecule has 3 aromatic carbocycles. The van der Waals surface area contributed by atoms with Gasteiger partial charge in [-0.2, -0.15) is 0 Å². The topological polar surface area (TPSA) is 82.6 Å². The Morgan fingerprint density at radius 1 is 0.822 bits per heavy atom. The number of carbonyl (C=O) groups excluding carboxylic acids is 3. The number of para-hydroxylation sites is 1. The number of carbonyl (C=O) groups is 3. The quantitative estimate of drug-likeness (QED) is 0.375. The highest BCUT2D eigenvalue weighted by atomic mass is 16.5. The SMILES string of the molecule is COc1ccc(C(=O)N2CCC3(CC2)C(=O)N(CC(=O)N2CCC(Cc4ccccc4)CC2)CN3c2ccccc2)c(OC)c1. The van der Waals surface area contributed by atoms with Gasteiger partial charge < -0.3 is 29.1 Å². The number of anilines is 1. The van der Waals surface area contributed by atoms with E-state index >= 15 is 0 Å². The summed E-state index contributed by atoms with van der Waals surface area (Å²) < 4.78 is 10.8. The van der Waals surface area contributed by atoms with Gasteiger partial charge in [-0.05, 0) is 67.9 Å². The molecular formula is C36H42N4O5. The van der Waals surface area contributed by atoms with Gasteiger partial charge in [-0.25, -0.2) is 0 Å². The Labute approximate surface area is 265 Å². The van der Waals surface area contributed by atoms with Crippen LogP contribution in [0.3, 0.4) is 0 Å². The minimum atomic E-state index is -0.814. The molecule has 0 aromatic heterocycles. The number of hydrogen-bond acceptors (Lipinski definition) is 6. The number of nitrogens with zero attached hydrogens (tertiary/aromatic N) is 4. The second-order valence-electron chi connectivity index (χ2n) is 12.3. The van der Waals surface area contributed by atoms with Gasteiger partial charge in [0.1, 0.15) is 23.6 Å². The van der Waals surface area contributed by atoms with E-state index in [4.69, 9.17) is 9.47 Å². The number of hydrogen-bond donors (Lipinski definition) is 0. The van der Waals surface area contributed by atoms with Crippen LogP contribution in [0.4, 0.5) is 5.69 Å². The van der Waals surface area contributed by atoms with E-state index < -0.39 is 5.54 Å². The van der Waals surface area contributed by atoms with Crippen molar-refractivity contribution in [2.45, 2.75) is 37.6 Å². The predicted molar refractivity (Wildman–Crippen MR) is 172 cm³/mol. The average molecular weight is 611 g/mol. The van der Waals surface area contributed by atoms with Crippen molar-refractivity contribution in [2.24, 2.45) is 5.92 Å². The summed E-state index contributed by atoms with van der Waals surface area (Å²) in [6.07, 6.45) is 3.92. The average Bonchev–Trinajstić information content (AvgIpc) is 3.35. The molecule has 6 rings (SSSR count). The molecular weight excluding hydrogens is 568 g/mol. The largest absolute Gasteiger partial charge is 0.497 e. The Balaban J connectivity index is 1.13. The third-order valence-corrected chi connectivity index (χ3v) is 9.76. The monoisotopic (exact) mass is 610 g/mol. The maximum Gasteiger partial charge on any atom is 0.257 e. The third-order valence-electron chi connectivity index (χ3n) is 9.76. The molecule has 9 heteroatoms. The highest BCUT2D eigenvalue weighted by Gasteiger charge is 2.54. The fourth-order valence-corrected chi connectivity index (χ4v) is 7.14. The van der Waals surface area contributed by atoms with E-state index in [2.05, 4.69) is 29.2 Å². The van der Waals surface area contributed by atoms with Gasteiger partial charge in [-0.15, -0.1) is 0 Å². The second kappa shape index (κ2) is 13.2. The summed E-state index contributed by atoms with van der Waals surface area (Å²) in [6, 6.07) is 25.6. The van der Waals surface area contributed by atoms with Crippen LogP contribution in [-0.2, 0) is 16.0 Å². The van der Waals surface area contributed by atoms with Gasteiger partial charge in [0.25, 0.3) is 11.8 Å². The van der Waals surface area contributed by atoms with Crippen LogP contribution in [0.5, 0.6) is 11.5 Å². The van der Waals surface area contributed by atoms with Gasteiger partial charge in [-0.3, -0.25) is 14.4 Å². The molecule has 0 bridgehead atoms. The third kappa shape index (κ3) is 6.21. The van der Waals surface area contributed by atoms with Crippen LogP contribution in [0.1, 0.15) is 41.6 Å². The summed E-state index contributed by atoms with van der Waals surface area (Å²) in [5.41, 5.74) is 1.93. The lowest BCUT2D eigenvalue weighted by molar-refractivity contribution is -0.141. The molecule has 0 radical (unpaired) electrons. The van der Waals surface area contributed by atoms with Crippen LogP contribution in [-0.4, -0.2) is 91.6 Å². The van der Waals surface area contributed by atoms with E-state index in [1.165, 1.54) is 12.7 Å². The Morgan fingerprint density at radius 2 is 1.49 bits per heavy atom. The van der Waals surface area contributed by atoms with Crippen LogP contribution in [0, 0.1) is 5.92 Å². The molecule has 3 aliphatic heterocycles. The van der Waals surface area contributed by atoms with Gasteiger partial charge in [0, 0.05) is 37.9 Å². The number of piperidine rings is 2. The Hall–Kier alpha value is -4.53. The van der Waals surface area contributed by atoms with Crippen LogP contribution in [0.25, 0.3) is 0 Å². The van der Waals surface area contributed by atoms with Gasteiger partial charge in [0.15, 0.2) is 0 Å². The fraction of sp³-hybridized carbons (Fsp3) is 0.417. The molecule has 1 spiro atoms. The van der Waals surface area contributed by atoms with Crippen molar-refractivity contribution in [3.8, 4) is 11.5 Å². The van der Waals surface area contributed by atoms with E-state index in [-0.39, 0.29) is 24.3 Å². The summed E-state index contributed by atoms with van der Waals surface area (Å²) >= 11 is 0. The minimum Gasteiger partial charge on any atom is -0.497 e. The fourth-order valence-electron chi connectivity index (χ4n) is 7.14. The van der Waals surface area contributed by atoms with Gasteiger partial charge in [0.2, 0.25) is 5.91 Å². The van der Waals surface area contributed by atoms with E-state index in [1.54, 1.807) is 35.1 Å². The smallest absolute Gasteiger partial charge is 0.257 e. The summed E-state index contributed by atoms with van der Waals surface area (Å²) in [5, 5.41) is 0. The van der Waals surface area contributed by atoms with E-state index in [0.717, 1.165) is 38.0 Å². The first kappa shape index (κ1) is 30.5. The molecule has 0 aliphatic carbocycles. The highest BCUT2D eigenvalue weighted by Crippen LogP contribution is 2.40. The van der Waals surface area contributed by atoms with Crippen molar-refractivity contribution in [1.82, 2.24) is 14.7 Å². The van der Waals surface area contributed by atoms with E-state index in [0.29, 0.717) is 55.6 Å². The molecule has 3 amide bonds. The number of benzene rings is 3. The molecule has 3 fully saturated rings. The van der Waals surface area contributed by atoms with Crippen LogP contribution < -0.4 is 14.4 Å². The van der Waals surface area contributed by atoms with Crippen molar-refractivity contribution in [2.75, 3.05) is 58.5 Å². The molecule has 0 N–H and O–H groups in total. The predicted octanol–water partition coefficient (Wildman–Crippen LogP) is 4.47. The number of amides is 3. The van der Waals surface area contributed by atoms with Gasteiger partial charge >= 0.3 is 0 Å². The zero-order chi connectivity index (χ0) is 31.4. The summed E-state index contributed by atoms with van der Waals surface area (Å²) in [5.74, 6) is 1.47. The molecule has 3 saturated heterocycles. The zero-order valence-corrected chi connectivity index (χ0v) is 26.2. The van der Waals surface area contributed by atoms with Crippen molar-refractivity contribution in [1.29, 1.82) is 0 Å². The van der Waals surface area contributed by atoms with E-state index in [1.807, 2.05) is 41.3 Å². The molecule has 0 saturated carbocycles. The van der Waals surface area contributed by atoms with Crippen LogP contribution in [0.15, 0.2) is 78.9 Å². The first-order valence-electron chi connectivity index (χ1n) is 15.9. The lowest BCUT2D eigenvalue weighted by Crippen LogP contribution is -2.57. The maximum absolute atomic E-state index is 14.2. The summed E-state index contributed by atoms with van der Waals surface area (Å²) in [7, 11) is 3.11. The van der Waals surface area contributed by atoms with Crippen molar-refractivity contribution in [3.05, 3.63) is 90.0 Å². The highest BCUT2D eigenvalue weighted by molar-refractivity contribution is 5.99. The molecule has 0 unspecified atom stereocenters. The molecule has 0 atom stereocenters. The molecule has 3 aliphatic rings. The number of rotatable bonds is 8. The number of likely N-dealkylation sites (tertiary alicyclic amines) is 2. The first-order chi connectivity index (χ1) is 21.9. The second-order valence-corrected chi connectivity index (χ2v) is 12.3. The molecule has 3 aromatic rings. The lowest BCUT2D eigenvalue weighted by Gasteiger charge is -2.43.